The van der Waals surface area contributed by atoms with Gasteiger partial charge in [0.2, 0.25) is 5.91 Å². The molecule has 132 valence electrons. The molecule has 0 atom stereocenters. The zero-order valence-corrected chi connectivity index (χ0v) is 14.4. The van der Waals surface area contributed by atoms with E-state index in [0.29, 0.717) is 38.3 Å². The maximum Gasteiger partial charge on any atom is 0.257 e. The molecule has 1 aliphatic rings. The molecule has 1 aromatic heterocycles. The van der Waals surface area contributed by atoms with E-state index >= 15 is 0 Å². The first-order chi connectivity index (χ1) is 12.2. The lowest BCUT2D eigenvalue weighted by atomic mass is 10.1. The van der Waals surface area contributed by atoms with Crippen LogP contribution in [-0.4, -0.2) is 54.3 Å². The van der Waals surface area contributed by atoms with E-state index in [4.69, 9.17) is 4.42 Å². The second kappa shape index (κ2) is 7.98. The molecule has 0 aliphatic carbocycles. The van der Waals surface area contributed by atoms with E-state index in [9.17, 15) is 9.59 Å². The largest absolute Gasteiger partial charge is 0.472 e. The molecule has 0 spiro atoms. The van der Waals surface area contributed by atoms with Gasteiger partial charge in [0.1, 0.15) is 6.26 Å². The van der Waals surface area contributed by atoms with Crippen molar-refractivity contribution in [2.75, 3.05) is 38.0 Å². The first-order valence-corrected chi connectivity index (χ1v) is 8.58. The average molecular weight is 341 g/mol. The SMILES string of the molecule is CCc1cccc(NC(=O)CN2CCN(C(=O)c3ccoc3)CC2)c1. The minimum atomic E-state index is -0.0251. The number of carbonyl (C=O) groups is 2. The van der Waals surface area contributed by atoms with Crippen LogP contribution in [0.2, 0.25) is 0 Å². The summed E-state index contributed by atoms with van der Waals surface area (Å²) in [7, 11) is 0. The molecule has 1 aromatic carbocycles. The molecule has 2 amide bonds. The summed E-state index contributed by atoms with van der Waals surface area (Å²) in [6.07, 6.45) is 3.91. The number of rotatable bonds is 5. The number of carbonyl (C=O) groups excluding carboxylic acids is 2. The van der Waals surface area contributed by atoms with E-state index in [2.05, 4.69) is 17.1 Å². The van der Waals surface area contributed by atoms with Crippen LogP contribution in [0.3, 0.4) is 0 Å². The Balaban J connectivity index is 1.47. The van der Waals surface area contributed by atoms with Crippen molar-refractivity contribution in [3.63, 3.8) is 0 Å². The summed E-state index contributed by atoms with van der Waals surface area (Å²) < 4.78 is 4.96. The molecule has 0 unspecified atom stereocenters. The van der Waals surface area contributed by atoms with Crippen LogP contribution < -0.4 is 5.32 Å². The van der Waals surface area contributed by atoms with E-state index in [0.717, 1.165) is 12.1 Å². The second-order valence-electron chi connectivity index (χ2n) is 6.18. The fourth-order valence-corrected chi connectivity index (χ4v) is 2.95. The van der Waals surface area contributed by atoms with Crippen LogP contribution in [0.1, 0.15) is 22.8 Å². The van der Waals surface area contributed by atoms with Crippen molar-refractivity contribution in [1.29, 1.82) is 0 Å². The van der Waals surface area contributed by atoms with Crippen molar-refractivity contribution in [3.8, 4) is 0 Å². The Morgan fingerprint density at radius 3 is 2.64 bits per heavy atom. The predicted molar refractivity (Wildman–Crippen MR) is 95.5 cm³/mol. The van der Waals surface area contributed by atoms with Crippen molar-refractivity contribution in [3.05, 3.63) is 54.0 Å². The van der Waals surface area contributed by atoms with Crippen molar-refractivity contribution in [1.82, 2.24) is 9.80 Å². The van der Waals surface area contributed by atoms with Crippen LogP contribution in [0.25, 0.3) is 0 Å². The van der Waals surface area contributed by atoms with Gasteiger partial charge in [-0.25, -0.2) is 0 Å². The Labute approximate surface area is 147 Å². The lowest BCUT2D eigenvalue weighted by molar-refractivity contribution is -0.117. The molecule has 25 heavy (non-hydrogen) atoms. The zero-order chi connectivity index (χ0) is 17.6. The highest BCUT2D eigenvalue weighted by Gasteiger charge is 2.23. The molecule has 2 aromatic rings. The highest BCUT2D eigenvalue weighted by atomic mass is 16.3. The van der Waals surface area contributed by atoms with E-state index in [1.165, 1.54) is 18.1 Å². The quantitative estimate of drug-likeness (QED) is 0.906. The summed E-state index contributed by atoms with van der Waals surface area (Å²) in [5.41, 5.74) is 2.60. The van der Waals surface area contributed by atoms with Crippen LogP contribution in [0.15, 0.2) is 47.3 Å². The number of aryl methyl sites for hydroxylation is 1. The molecule has 0 bridgehead atoms. The van der Waals surface area contributed by atoms with Crippen LogP contribution >= 0.6 is 0 Å². The topological polar surface area (TPSA) is 65.8 Å². The predicted octanol–water partition coefficient (Wildman–Crippen LogP) is 2.24. The van der Waals surface area contributed by atoms with Gasteiger partial charge in [0.05, 0.1) is 18.4 Å². The van der Waals surface area contributed by atoms with Gasteiger partial charge in [-0.1, -0.05) is 19.1 Å². The Bertz CT molecular complexity index is 719. The van der Waals surface area contributed by atoms with Crippen LogP contribution in [0, 0.1) is 0 Å². The molecular weight excluding hydrogens is 318 g/mol. The lowest BCUT2D eigenvalue weighted by Gasteiger charge is -2.34. The normalized spacial score (nSPS) is 15.2. The number of benzene rings is 1. The number of furan rings is 1. The smallest absolute Gasteiger partial charge is 0.257 e. The minimum Gasteiger partial charge on any atom is -0.472 e. The van der Waals surface area contributed by atoms with E-state index in [1.807, 2.05) is 24.3 Å². The molecule has 1 N–H and O–H groups in total. The first kappa shape index (κ1) is 17.2. The Morgan fingerprint density at radius 1 is 1.16 bits per heavy atom. The molecule has 0 radical (unpaired) electrons. The molecule has 1 fully saturated rings. The van der Waals surface area contributed by atoms with Gasteiger partial charge in [0.15, 0.2) is 0 Å². The molecule has 6 nitrogen and oxygen atoms in total. The Morgan fingerprint density at radius 2 is 1.96 bits per heavy atom. The van der Waals surface area contributed by atoms with E-state index < -0.39 is 0 Å². The van der Waals surface area contributed by atoms with Crippen molar-refractivity contribution >= 4 is 17.5 Å². The van der Waals surface area contributed by atoms with Crippen molar-refractivity contribution in [2.24, 2.45) is 0 Å². The summed E-state index contributed by atoms with van der Waals surface area (Å²) in [4.78, 5) is 28.4. The number of hydrogen-bond acceptors (Lipinski definition) is 4. The molecular formula is C19H23N3O3. The van der Waals surface area contributed by atoms with Gasteiger partial charge in [0.25, 0.3) is 5.91 Å². The first-order valence-electron chi connectivity index (χ1n) is 8.58. The number of hydrogen-bond donors (Lipinski definition) is 1. The number of piperazine rings is 1. The fourth-order valence-electron chi connectivity index (χ4n) is 2.95. The molecule has 1 saturated heterocycles. The Hall–Kier alpha value is -2.60. The van der Waals surface area contributed by atoms with Gasteiger partial charge in [-0.2, -0.15) is 0 Å². The van der Waals surface area contributed by atoms with Crippen LogP contribution in [-0.2, 0) is 11.2 Å². The van der Waals surface area contributed by atoms with Crippen LogP contribution in [0.4, 0.5) is 5.69 Å². The average Bonchev–Trinajstić information content (AvgIpc) is 3.16. The Kier molecular flexibility index (Phi) is 5.50. The zero-order valence-electron chi connectivity index (χ0n) is 14.4. The summed E-state index contributed by atoms with van der Waals surface area (Å²) in [6.45, 7) is 5.03. The third-order valence-electron chi connectivity index (χ3n) is 4.41. The van der Waals surface area contributed by atoms with Gasteiger partial charge in [0, 0.05) is 31.9 Å². The van der Waals surface area contributed by atoms with Crippen molar-refractivity contribution in [2.45, 2.75) is 13.3 Å². The lowest BCUT2D eigenvalue weighted by Crippen LogP contribution is -2.50. The summed E-state index contributed by atoms with van der Waals surface area (Å²) >= 11 is 0. The third kappa shape index (κ3) is 4.48. The molecule has 6 heteroatoms. The summed E-state index contributed by atoms with van der Waals surface area (Å²) in [5, 5.41) is 2.95. The van der Waals surface area contributed by atoms with Gasteiger partial charge in [-0.15, -0.1) is 0 Å². The van der Waals surface area contributed by atoms with Crippen molar-refractivity contribution < 1.29 is 14.0 Å². The third-order valence-corrected chi connectivity index (χ3v) is 4.41. The second-order valence-corrected chi connectivity index (χ2v) is 6.18. The highest BCUT2D eigenvalue weighted by molar-refractivity contribution is 5.94. The minimum absolute atomic E-state index is 0.0192. The molecule has 3 rings (SSSR count). The standard InChI is InChI=1S/C19H23N3O3/c1-2-15-4-3-5-17(12-15)20-18(23)13-21-7-9-22(10-8-21)19(24)16-6-11-25-14-16/h3-6,11-12,14H,2,7-10,13H2,1H3,(H,20,23). The van der Waals surface area contributed by atoms with E-state index in [1.54, 1.807) is 11.0 Å². The van der Waals surface area contributed by atoms with E-state index in [-0.39, 0.29) is 11.8 Å². The fraction of sp³-hybridized carbons (Fsp3) is 0.368. The molecule has 1 aliphatic heterocycles. The summed E-state index contributed by atoms with van der Waals surface area (Å²) in [6, 6.07) is 9.57. The van der Waals surface area contributed by atoms with Crippen LogP contribution in [0.5, 0.6) is 0 Å². The maximum atomic E-state index is 12.3. The number of nitrogens with one attached hydrogen (secondary N) is 1. The molecule has 0 saturated carbocycles. The van der Waals surface area contributed by atoms with Gasteiger partial charge in [-0.3, -0.25) is 14.5 Å². The number of nitrogens with zero attached hydrogens (tertiary/aromatic N) is 2. The maximum absolute atomic E-state index is 12.3. The van der Waals surface area contributed by atoms with Gasteiger partial charge in [-0.05, 0) is 30.2 Å². The number of amides is 2. The van der Waals surface area contributed by atoms with Gasteiger partial charge < -0.3 is 14.6 Å². The monoisotopic (exact) mass is 341 g/mol. The highest BCUT2D eigenvalue weighted by Crippen LogP contribution is 2.12. The molecule has 2 heterocycles. The summed E-state index contributed by atoms with van der Waals surface area (Å²) in [5.74, 6) is -0.0444. The van der Waals surface area contributed by atoms with Gasteiger partial charge >= 0.3 is 0 Å². The number of anilines is 1.